The Morgan fingerprint density at radius 1 is 1.55 bits per heavy atom. The van der Waals surface area contributed by atoms with Crippen molar-refractivity contribution in [1.29, 1.82) is 0 Å². The van der Waals surface area contributed by atoms with E-state index in [2.05, 4.69) is 8.91 Å². The molecular formula is C4H10NaO5P. The summed E-state index contributed by atoms with van der Waals surface area (Å²) in [5.74, 6) is 0. The fourth-order valence-electron chi connectivity index (χ4n) is 0.208. The first-order chi connectivity index (χ1) is 4.98. The molecule has 0 saturated carbocycles. The Labute approximate surface area is 82.7 Å². The molecule has 0 bridgehead atoms. The van der Waals surface area contributed by atoms with E-state index in [1.165, 1.54) is 34.9 Å². The summed E-state index contributed by atoms with van der Waals surface area (Å²) in [5.41, 5.74) is -1.47. The van der Waals surface area contributed by atoms with Crippen LogP contribution in [0.3, 0.4) is 0 Å². The Kier molecular flexibility index (Phi) is 9.37. The van der Waals surface area contributed by atoms with Gasteiger partial charge in [-0.05, 0) is 6.92 Å². The summed E-state index contributed by atoms with van der Waals surface area (Å²) >= 11 is 1.31. The van der Waals surface area contributed by atoms with Gasteiger partial charge in [-0.3, -0.25) is 0 Å². The van der Waals surface area contributed by atoms with Crippen LogP contribution in [0, 0.1) is 0 Å². The summed E-state index contributed by atoms with van der Waals surface area (Å²) in [6.45, 7) is 1.44. The van der Waals surface area contributed by atoms with Crippen molar-refractivity contribution in [1.82, 2.24) is 0 Å². The Morgan fingerprint density at radius 2 is 1.91 bits per heavy atom. The van der Waals surface area contributed by atoms with E-state index in [4.69, 9.17) is 9.79 Å². The molecule has 11 heavy (non-hydrogen) atoms. The van der Waals surface area contributed by atoms with Crippen molar-refractivity contribution < 1.29 is 23.9 Å². The third kappa shape index (κ3) is 8.53. The van der Waals surface area contributed by atoms with E-state index in [0.29, 0.717) is 0 Å². The maximum atomic E-state index is 10.1. The third-order valence-electron chi connectivity index (χ3n) is 0.506. The Morgan fingerprint density at radius 3 is 2.00 bits per heavy atom. The van der Waals surface area contributed by atoms with Crippen molar-refractivity contribution in [3.8, 4) is 0 Å². The standard InChI is InChI=1S/C3H7O5P.CH3.Na/c1-2-8-3(4)9(5,6)7;;/h2H2,1H3,(H2,5,6,7);1H3;. The van der Waals surface area contributed by atoms with Crippen LogP contribution in [0.15, 0.2) is 0 Å². The molecule has 0 amide bonds. The van der Waals surface area contributed by atoms with Gasteiger partial charge in [0, 0.05) is 0 Å². The van der Waals surface area contributed by atoms with E-state index in [-0.39, 0.29) is 6.61 Å². The molecule has 0 aliphatic heterocycles. The first-order valence-electron chi connectivity index (χ1n) is 3.21. The molecule has 2 N–H and O–H groups in total. The maximum absolute atomic E-state index is 10.1. The second-order valence-electron chi connectivity index (χ2n) is 1.24. The Balaban J connectivity index is 0. The molecule has 0 aromatic heterocycles. The van der Waals surface area contributed by atoms with E-state index in [9.17, 15) is 9.36 Å². The minimum absolute atomic E-state index is 0.0239. The van der Waals surface area contributed by atoms with E-state index in [1.54, 1.807) is 0 Å². The predicted molar refractivity (Wildman–Crippen MR) is 40.7 cm³/mol. The molecule has 0 fully saturated rings. The topological polar surface area (TPSA) is 83.8 Å². The number of carbonyl (C=O) groups excluding carboxylic acids is 1. The molecule has 0 aromatic carbocycles. The van der Waals surface area contributed by atoms with E-state index in [1.807, 2.05) is 0 Å². The molecule has 0 heterocycles. The molecule has 62 valence electrons. The van der Waals surface area contributed by atoms with Gasteiger partial charge in [-0.2, -0.15) is 0 Å². The van der Waals surface area contributed by atoms with Gasteiger partial charge in [-0.15, -0.1) is 0 Å². The molecule has 0 rings (SSSR count). The summed E-state index contributed by atoms with van der Waals surface area (Å²) < 4.78 is 16.1. The van der Waals surface area contributed by atoms with Gasteiger partial charge in [0.2, 0.25) is 0 Å². The SMILES string of the molecule is CCOC(=O)P(=O)(O)O.[CH3][Na]. The molecule has 0 spiro atoms. The first-order valence-corrected chi connectivity index (χ1v) is 6.82. The van der Waals surface area contributed by atoms with Crippen molar-refractivity contribution in [3.05, 3.63) is 0 Å². The summed E-state index contributed by atoms with van der Waals surface area (Å²) in [6.07, 6.45) is 0. The fraction of sp³-hybridized carbons (Fsp3) is 0.750. The van der Waals surface area contributed by atoms with Gasteiger partial charge >= 0.3 is 45.4 Å². The molecule has 0 saturated heterocycles. The zero-order valence-electron chi connectivity index (χ0n) is 6.77. The quantitative estimate of drug-likeness (QED) is 0.492. The Hall–Kier alpha value is 0.620. The fourth-order valence-corrected chi connectivity index (χ4v) is 0.505. The number of carbonyl (C=O) groups is 1. The van der Waals surface area contributed by atoms with Crippen LogP contribution in [-0.2, 0) is 9.30 Å². The van der Waals surface area contributed by atoms with Crippen LogP contribution >= 0.6 is 7.60 Å². The Bertz CT molecular complexity index is 153. The number of hydrogen-bond acceptors (Lipinski definition) is 3. The van der Waals surface area contributed by atoms with Gasteiger partial charge in [0.15, 0.2) is 0 Å². The first kappa shape index (κ1) is 14.2. The number of hydrogen-bond donors (Lipinski definition) is 2. The number of ether oxygens (including phenoxy) is 1. The molecule has 0 radical (unpaired) electrons. The molecule has 0 aliphatic carbocycles. The number of rotatable bonds is 2. The summed E-state index contributed by atoms with van der Waals surface area (Å²) in [6, 6.07) is 0. The minimum atomic E-state index is -4.63. The summed E-state index contributed by atoms with van der Waals surface area (Å²) in [5, 5.41) is 0. The predicted octanol–water partition coefficient (Wildman–Crippen LogP) is 0.524. The van der Waals surface area contributed by atoms with Crippen molar-refractivity contribution >= 4 is 41.2 Å². The van der Waals surface area contributed by atoms with Crippen LogP contribution in [0.25, 0.3) is 0 Å². The van der Waals surface area contributed by atoms with Crippen molar-refractivity contribution in [2.24, 2.45) is 0 Å². The average molecular weight is 192 g/mol. The molecule has 0 aliphatic rings. The monoisotopic (exact) mass is 192 g/mol. The van der Waals surface area contributed by atoms with Crippen molar-refractivity contribution in [2.45, 2.75) is 11.1 Å². The summed E-state index contributed by atoms with van der Waals surface area (Å²) in [7, 11) is -4.63. The van der Waals surface area contributed by atoms with Gasteiger partial charge in [0.1, 0.15) is 0 Å². The van der Waals surface area contributed by atoms with Crippen LogP contribution in [-0.4, -0.2) is 50.0 Å². The second-order valence-corrected chi connectivity index (χ2v) is 2.70. The van der Waals surface area contributed by atoms with Crippen molar-refractivity contribution in [2.75, 3.05) is 6.61 Å². The van der Waals surface area contributed by atoms with Crippen LogP contribution in [0.1, 0.15) is 6.92 Å². The zero-order chi connectivity index (χ0) is 9.49. The van der Waals surface area contributed by atoms with Crippen LogP contribution in [0.5, 0.6) is 0 Å². The van der Waals surface area contributed by atoms with Crippen LogP contribution < -0.4 is 0 Å². The van der Waals surface area contributed by atoms with E-state index in [0.717, 1.165) is 0 Å². The molecular weight excluding hydrogens is 182 g/mol. The molecule has 0 unspecified atom stereocenters. The molecule has 0 atom stereocenters. The van der Waals surface area contributed by atoms with Gasteiger partial charge in [0.05, 0.1) is 6.61 Å². The molecule has 7 heteroatoms. The third-order valence-corrected chi connectivity index (χ3v) is 1.11. The zero-order valence-corrected chi connectivity index (χ0v) is 9.67. The van der Waals surface area contributed by atoms with Crippen molar-refractivity contribution in [3.63, 3.8) is 0 Å². The van der Waals surface area contributed by atoms with Crippen LogP contribution in [0.2, 0.25) is 4.17 Å². The normalized spacial score (nSPS) is 9.64. The van der Waals surface area contributed by atoms with Gasteiger partial charge < -0.3 is 14.5 Å². The molecule has 0 aromatic rings. The molecule has 5 nitrogen and oxygen atoms in total. The van der Waals surface area contributed by atoms with Crippen LogP contribution in [0.4, 0.5) is 4.79 Å². The van der Waals surface area contributed by atoms with E-state index >= 15 is 0 Å². The van der Waals surface area contributed by atoms with E-state index < -0.39 is 13.3 Å². The second kappa shape index (κ2) is 7.28. The van der Waals surface area contributed by atoms with Gasteiger partial charge in [-0.25, -0.2) is 9.36 Å². The van der Waals surface area contributed by atoms with Gasteiger partial charge in [-0.1, -0.05) is 0 Å². The average Bonchev–Trinajstić information content (AvgIpc) is 1.91. The van der Waals surface area contributed by atoms with Gasteiger partial charge in [0.25, 0.3) is 0 Å². The summed E-state index contributed by atoms with van der Waals surface area (Å²) in [4.78, 5) is 26.2.